The fourth-order valence-electron chi connectivity index (χ4n) is 3.73. The summed E-state index contributed by atoms with van der Waals surface area (Å²) in [5.74, 6) is 0. The molecule has 0 amide bonds. The van der Waals surface area contributed by atoms with Gasteiger partial charge in [-0.05, 0) is 57.9 Å². The first-order valence-corrected chi connectivity index (χ1v) is 7.12. The molecule has 0 N–H and O–H groups in total. The van der Waals surface area contributed by atoms with Crippen LogP contribution in [0.1, 0.15) is 51.4 Å². The first kappa shape index (κ1) is 11.5. The lowest BCUT2D eigenvalue weighted by Gasteiger charge is -2.51. The van der Waals surface area contributed by atoms with Crippen LogP contribution in [-0.2, 0) is 4.74 Å². The molecule has 1 aliphatic carbocycles. The first-order chi connectivity index (χ1) is 8.33. The Morgan fingerprint density at radius 2 is 2.06 bits per heavy atom. The van der Waals surface area contributed by atoms with Crippen molar-refractivity contribution in [3.8, 4) is 6.07 Å². The van der Waals surface area contributed by atoms with Crippen molar-refractivity contribution in [1.82, 2.24) is 4.90 Å². The molecule has 17 heavy (non-hydrogen) atoms. The molecule has 3 heteroatoms. The number of rotatable bonds is 1. The Morgan fingerprint density at radius 3 is 2.76 bits per heavy atom. The zero-order valence-corrected chi connectivity index (χ0v) is 10.5. The Hall–Kier alpha value is -0.590. The number of likely N-dealkylation sites (tertiary alicyclic amines) is 1. The van der Waals surface area contributed by atoms with Crippen LogP contribution in [0, 0.1) is 11.3 Å². The fourth-order valence-corrected chi connectivity index (χ4v) is 3.73. The van der Waals surface area contributed by atoms with E-state index >= 15 is 0 Å². The Labute approximate surface area is 104 Å². The van der Waals surface area contributed by atoms with Crippen molar-refractivity contribution in [3.05, 3.63) is 0 Å². The molecule has 0 aromatic carbocycles. The molecule has 0 radical (unpaired) electrons. The maximum Gasteiger partial charge on any atom is 0.0980 e. The van der Waals surface area contributed by atoms with Crippen molar-refractivity contribution >= 4 is 0 Å². The van der Waals surface area contributed by atoms with E-state index in [1.165, 1.54) is 38.5 Å². The van der Waals surface area contributed by atoms with E-state index in [-0.39, 0.29) is 11.6 Å². The summed E-state index contributed by atoms with van der Waals surface area (Å²) in [7, 11) is 0. The third-order valence-electron chi connectivity index (χ3n) is 4.89. The summed E-state index contributed by atoms with van der Waals surface area (Å²) in [4.78, 5) is 2.48. The molecule has 3 fully saturated rings. The van der Waals surface area contributed by atoms with Crippen LogP contribution in [0.15, 0.2) is 0 Å². The van der Waals surface area contributed by atoms with Crippen molar-refractivity contribution in [3.63, 3.8) is 0 Å². The Balaban J connectivity index is 1.68. The lowest BCUT2D eigenvalue weighted by molar-refractivity contribution is -0.151. The molecule has 2 heterocycles. The minimum Gasteiger partial charge on any atom is -0.375 e. The summed E-state index contributed by atoms with van der Waals surface area (Å²) < 4.78 is 5.98. The molecule has 3 nitrogen and oxygen atoms in total. The quantitative estimate of drug-likeness (QED) is 0.699. The monoisotopic (exact) mass is 234 g/mol. The van der Waals surface area contributed by atoms with Crippen molar-refractivity contribution in [2.24, 2.45) is 0 Å². The van der Waals surface area contributed by atoms with Gasteiger partial charge in [-0.25, -0.2) is 0 Å². The van der Waals surface area contributed by atoms with Crippen molar-refractivity contribution in [2.45, 2.75) is 69.1 Å². The van der Waals surface area contributed by atoms with Crippen molar-refractivity contribution < 1.29 is 4.74 Å². The first-order valence-electron chi connectivity index (χ1n) is 7.12. The molecule has 1 spiro atoms. The highest BCUT2D eigenvalue weighted by Crippen LogP contribution is 2.44. The highest BCUT2D eigenvalue weighted by Gasteiger charge is 2.45. The second-order valence-electron chi connectivity index (χ2n) is 5.91. The molecule has 0 bridgehead atoms. The highest BCUT2D eigenvalue weighted by molar-refractivity contribution is 5.02. The summed E-state index contributed by atoms with van der Waals surface area (Å²) in [5.41, 5.74) is 0.209. The molecule has 2 unspecified atom stereocenters. The van der Waals surface area contributed by atoms with E-state index in [4.69, 9.17) is 4.74 Å². The van der Waals surface area contributed by atoms with Gasteiger partial charge in [0.2, 0.25) is 0 Å². The minimum absolute atomic E-state index is 0.170. The van der Waals surface area contributed by atoms with Gasteiger partial charge in [-0.1, -0.05) is 0 Å². The Bertz CT molecular complexity index is 319. The van der Waals surface area contributed by atoms with Gasteiger partial charge < -0.3 is 4.74 Å². The largest absolute Gasteiger partial charge is 0.375 e. The molecule has 0 aromatic rings. The third-order valence-corrected chi connectivity index (χ3v) is 4.89. The zero-order chi connectivity index (χ0) is 11.7. The SMILES string of the molecule is N#CC1CCCCN1C1CCOC2(CCC2)C1. The van der Waals surface area contributed by atoms with Crippen LogP contribution in [0.25, 0.3) is 0 Å². The predicted molar refractivity (Wildman–Crippen MR) is 65.5 cm³/mol. The van der Waals surface area contributed by atoms with Gasteiger partial charge in [0.25, 0.3) is 0 Å². The number of ether oxygens (including phenoxy) is 1. The van der Waals surface area contributed by atoms with E-state index in [9.17, 15) is 5.26 Å². The fraction of sp³-hybridized carbons (Fsp3) is 0.929. The molecule has 94 valence electrons. The van der Waals surface area contributed by atoms with E-state index in [1.807, 2.05) is 0 Å². The van der Waals surface area contributed by atoms with Crippen LogP contribution < -0.4 is 0 Å². The van der Waals surface area contributed by atoms with E-state index in [0.717, 1.165) is 26.0 Å². The van der Waals surface area contributed by atoms with Gasteiger partial charge in [0.1, 0.15) is 0 Å². The Kier molecular flexibility index (Phi) is 3.10. The van der Waals surface area contributed by atoms with Crippen LogP contribution in [-0.4, -0.2) is 35.7 Å². The van der Waals surface area contributed by atoms with Crippen LogP contribution in [0.3, 0.4) is 0 Å². The Morgan fingerprint density at radius 1 is 1.18 bits per heavy atom. The van der Waals surface area contributed by atoms with Gasteiger partial charge in [0.05, 0.1) is 17.7 Å². The van der Waals surface area contributed by atoms with Gasteiger partial charge in [-0.2, -0.15) is 5.26 Å². The second-order valence-corrected chi connectivity index (χ2v) is 5.91. The van der Waals surface area contributed by atoms with E-state index in [2.05, 4.69) is 11.0 Å². The molecular formula is C14H22N2O. The normalized spacial score (nSPS) is 37.4. The zero-order valence-electron chi connectivity index (χ0n) is 10.5. The summed E-state index contributed by atoms with van der Waals surface area (Å²) in [6.07, 6.45) is 9.68. The summed E-state index contributed by atoms with van der Waals surface area (Å²) >= 11 is 0. The maximum absolute atomic E-state index is 9.27. The minimum atomic E-state index is 0.170. The predicted octanol–water partition coefficient (Wildman–Crippen LogP) is 2.47. The van der Waals surface area contributed by atoms with Crippen molar-refractivity contribution in [2.75, 3.05) is 13.2 Å². The lowest BCUT2D eigenvalue weighted by atomic mass is 9.73. The molecular weight excluding hydrogens is 212 g/mol. The summed E-state index contributed by atoms with van der Waals surface area (Å²) in [6, 6.07) is 3.28. The molecule has 1 saturated carbocycles. The van der Waals surface area contributed by atoms with Crippen LogP contribution in [0.5, 0.6) is 0 Å². The molecule has 2 aliphatic heterocycles. The summed E-state index contributed by atoms with van der Waals surface area (Å²) in [6.45, 7) is 2.03. The third kappa shape index (κ3) is 2.09. The average Bonchev–Trinajstić information content (AvgIpc) is 2.37. The molecule has 3 aliphatic rings. The molecule has 3 rings (SSSR count). The van der Waals surface area contributed by atoms with Gasteiger partial charge in [-0.15, -0.1) is 0 Å². The molecule has 2 saturated heterocycles. The van der Waals surface area contributed by atoms with Gasteiger partial charge in [-0.3, -0.25) is 4.90 Å². The molecule has 0 aromatic heterocycles. The van der Waals surface area contributed by atoms with Crippen LogP contribution in [0.4, 0.5) is 0 Å². The molecule has 2 atom stereocenters. The van der Waals surface area contributed by atoms with Crippen molar-refractivity contribution in [1.29, 1.82) is 5.26 Å². The van der Waals surface area contributed by atoms with Crippen LogP contribution >= 0.6 is 0 Å². The van der Waals surface area contributed by atoms with E-state index < -0.39 is 0 Å². The summed E-state index contributed by atoms with van der Waals surface area (Å²) in [5, 5.41) is 9.27. The average molecular weight is 234 g/mol. The number of hydrogen-bond donors (Lipinski definition) is 0. The van der Waals surface area contributed by atoms with Gasteiger partial charge in [0, 0.05) is 12.6 Å². The maximum atomic E-state index is 9.27. The topological polar surface area (TPSA) is 36.3 Å². The van der Waals surface area contributed by atoms with Crippen LogP contribution in [0.2, 0.25) is 0 Å². The standard InChI is InChI=1S/C14H22N2O/c15-11-13-4-1-2-8-16(13)12-5-9-17-14(10-12)6-3-7-14/h12-13H,1-10H2. The van der Waals surface area contributed by atoms with Gasteiger partial charge in [0.15, 0.2) is 0 Å². The number of piperidine rings is 1. The number of nitrogens with zero attached hydrogens (tertiary/aromatic N) is 2. The van der Waals surface area contributed by atoms with E-state index in [1.54, 1.807) is 0 Å². The smallest absolute Gasteiger partial charge is 0.0980 e. The van der Waals surface area contributed by atoms with Gasteiger partial charge >= 0.3 is 0 Å². The van der Waals surface area contributed by atoms with E-state index in [0.29, 0.717) is 6.04 Å². The number of hydrogen-bond acceptors (Lipinski definition) is 3. The second kappa shape index (κ2) is 4.59. The lowest BCUT2D eigenvalue weighted by Crippen LogP contribution is -2.55. The number of nitriles is 1. The highest BCUT2D eigenvalue weighted by atomic mass is 16.5.